The van der Waals surface area contributed by atoms with Crippen molar-refractivity contribution in [2.45, 2.75) is 32.9 Å². The van der Waals surface area contributed by atoms with Crippen molar-refractivity contribution in [3.8, 4) is 11.4 Å². The first-order valence-electron chi connectivity index (χ1n) is 10.6. The molecule has 0 aliphatic heterocycles. The number of nitrogens with one attached hydrogen (secondary N) is 1. The molecule has 2 aromatic carbocycles. The SMILES string of the molecule is COc1cccc(CNC(=O)CCCn2nc(C)c3cn(-c4ccc(Cl)cc4)nc3c2=O)c1. The predicted octanol–water partition coefficient (Wildman–Crippen LogP) is 3.65. The quantitative estimate of drug-likeness (QED) is 0.429. The molecule has 0 aliphatic carbocycles. The molecule has 0 radical (unpaired) electrons. The van der Waals surface area contributed by atoms with Crippen molar-refractivity contribution in [3.05, 3.63) is 81.4 Å². The fraction of sp³-hybridized carbons (Fsp3) is 0.250. The number of rotatable bonds is 8. The molecular weight excluding hydrogens is 442 g/mol. The van der Waals surface area contributed by atoms with Gasteiger partial charge in [-0.15, -0.1) is 0 Å². The molecule has 0 aliphatic rings. The largest absolute Gasteiger partial charge is 0.497 e. The minimum atomic E-state index is -0.278. The van der Waals surface area contributed by atoms with Gasteiger partial charge in [-0.2, -0.15) is 10.2 Å². The highest BCUT2D eigenvalue weighted by Crippen LogP contribution is 2.17. The standard InChI is InChI=1S/C24H24ClN5O3/c1-16-21-15-30(19-10-8-18(25)9-11-19)28-23(21)24(32)29(27-16)12-4-7-22(31)26-14-17-5-3-6-20(13-17)33-2/h3,5-6,8-11,13,15H,4,7,12,14H2,1-2H3,(H,26,31). The summed E-state index contributed by atoms with van der Waals surface area (Å²) in [6.45, 7) is 2.59. The molecular formula is C24H24ClN5O3. The fourth-order valence-corrected chi connectivity index (χ4v) is 3.66. The molecule has 0 unspecified atom stereocenters. The Kier molecular flexibility index (Phi) is 6.74. The first-order chi connectivity index (χ1) is 15.9. The van der Waals surface area contributed by atoms with Gasteiger partial charge in [0.15, 0.2) is 5.52 Å². The van der Waals surface area contributed by atoms with Crippen molar-refractivity contribution in [2.75, 3.05) is 7.11 Å². The van der Waals surface area contributed by atoms with E-state index in [2.05, 4.69) is 15.5 Å². The third-order valence-corrected chi connectivity index (χ3v) is 5.55. The highest BCUT2D eigenvalue weighted by Gasteiger charge is 2.13. The number of carbonyl (C=O) groups excluding carboxylic acids is 1. The van der Waals surface area contributed by atoms with Crippen LogP contribution in [0.1, 0.15) is 24.1 Å². The maximum atomic E-state index is 12.9. The van der Waals surface area contributed by atoms with Crippen LogP contribution in [0.15, 0.2) is 59.5 Å². The van der Waals surface area contributed by atoms with E-state index in [0.717, 1.165) is 17.0 Å². The number of carbonyl (C=O) groups is 1. The van der Waals surface area contributed by atoms with E-state index < -0.39 is 0 Å². The zero-order valence-corrected chi connectivity index (χ0v) is 19.2. The van der Waals surface area contributed by atoms with Crippen molar-refractivity contribution in [3.63, 3.8) is 0 Å². The van der Waals surface area contributed by atoms with Gasteiger partial charge in [-0.05, 0) is 55.3 Å². The lowest BCUT2D eigenvalue weighted by Gasteiger charge is -2.08. The van der Waals surface area contributed by atoms with Gasteiger partial charge in [-0.3, -0.25) is 9.59 Å². The lowest BCUT2D eigenvalue weighted by molar-refractivity contribution is -0.121. The molecule has 8 nitrogen and oxygen atoms in total. The smallest absolute Gasteiger partial charge is 0.295 e. The molecule has 0 saturated heterocycles. The van der Waals surface area contributed by atoms with E-state index in [9.17, 15) is 9.59 Å². The van der Waals surface area contributed by atoms with Crippen LogP contribution in [0.4, 0.5) is 0 Å². The van der Waals surface area contributed by atoms with E-state index in [1.165, 1.54) is 4.68 Å². The first kappa shape index (κ1) is 22.5. The van der Waals surface area contributed by atoms with Crippen LogP contribution in [0.25, 0.3) is 16.6 Å². The number of nitrogens with zero attached hydrogens (tertiary/aromatic N) is 4. The average Bonchev–Trinajstić information content (AvgIpc) is 3.28. The van der Waals surface area contributed by atoms with Crippen LogP contribution in [-0.2, 0) is 17.9 Å². The number of halogens is 1. The lowest BCUT2D eigenvalue weighted by atomic mass is 10.2. The Morgan fingerprint density at radius 3 is 2.70 bits per heavy atom. The molecule has 0 bridgehead atoms. The second-order valence-electron chi connectivity index (χ2n) is 7.66. The number of hydrogen-bond acceptors (Lipinski definition) is 5. The van der Waals surface area contributed by atoms with Crippen molar-refractivity contribution in [1.29, 1.82) is 0 Å². The molecule has 4 rings (SSSR count). The maximum absolute atomic E-state index is 12.9. The molecule has 2 aromatic heterocycles. The zero-order chi connectivity index (χ0) is 23.4. The van der Waals surface area contributed by atoms with Gasteiger partial charge in [0, 0.05) is 36.1 Å². The van der Waals surface area contributed by atoms with Crippen LogP contribution in [0.2, 0.25) is 5.02 Å². The summed E-state index contributed by atoms with van der Waals surface area (Å²) < 4.78 is 8.22. The number of benzene rings is 2. The Bertz CT molecular complexity index is 1340. The Hall–Kier alpha value is -3.65. The third-order valence-electron chi connectivity index (χ3n) is 5.30. The minimum Gasteiger partial charge on any atom is -0.497 e. The molecule has 33 heavy (non-hydrogen) atoms. The summed E-state index contributed by atoms with van der Waals surface area (Å²) in [4.78, 5) is 25.2. The van der Waals surface area contributed by atoms with E-state index in [4.69, 9.17) is 16.3 Å². The van der Waals surface area contributed by atoms with Crippen molar-refractivity contribution < 1.29 is 9.53 Å². The Balaban J connectivity index is 1.40. The maximum Gasteiger partial charge on any atom is 0.295 e. The predicted molar refractivity (Wildman–Crippen MR) is 127 cm³/mol. The van der Waals surface area contributed by atoms with Gasteiger partial charge in [0.1, 0.15) is 5.75 Å². The topological polar surface area (TPSA) is 91.0 Å². The Morgan fingerprint density at radius 1 is 1.15 bits per heavy atom. The van der Waals surface area contributed by atoms with Crippen molar-refractivity contribution >= 4 is 28.4 Å². The summed E-state index contributed by atoms with van der Waals surface area (Å²) in [6.07, 6.45) is 2.56. The van der Waals surface area contributed by atoms with Gasteiger partial charge in [0.05, 0.1) is 18.5 Å². The van der Waals surface area contributed by atoms with Gasteiger partial charge in [0.25, 0.3) is 5.56 Å². The van der Waals surface area contributed by atoms with Gasteiger partial charge < -0.3 is 10.1 Å². The fourth-order valence-electron chi connectivity index (χ4n) is 3.54. The number of aryl methyl sites for hydroxylation is 2. The van der Waals surface area contributed by atoms with E-state index in [1.54, 1.807) is 30.1 Å². The first-order valence-corrected chi connectivity index (χ1v) is 10.9. The third kappa shape index (κ3) is 5.23. The summed E-state index contributed by atoms with van der Waals surface area (Å²) in [5.74, 6) is 0.659. The van der Waals surface area contributed by atoms with E-state index >= 15 is 0 Å². The number of hydrogen-bond donors (Lipinski definition) is 1. The summed E-state index contributed by atoms with van der Waals surface area (Å²) in [5, 5.41) is 13.1. The molecule has 0 atom stereocenters. The number of methoxy groups -OCH3 is 1. The second kappa shape index (κ2) is 9.87. The number of aromatic nitrogens is 4. The summed E-state index contributed by atoms with van der Waals surface area (Å²) in [7, 11) is 1.61. The summed E-state index contributed by atoms with van der Waals surface area (Å²) >= 11 is 5.96. The highest BCUT2D eigenvalue weighted by atomic mass is 35.5. The number of fused-ring (bicyclic) bond motifs is 1. The van der Waals surface area contributed by atoms with E-state index in [1.807, 2.05) is 43.3 Å². The Labute approximate surface area is 195 Å². The molecule has 170 valence electrons. The van der Waals surface area contributed by atoms with Crippen LogP contribution in [-0.4, -0.2) is 32.6 Å². The van der Waals surface area contributed by atoms with Crippen LogP contribution in [0, 0.1) is 6.92 Å². The van der Waals surface area contributed by atoms with Crippen LogP contribution >= 0.6 is 11.6 Å². The number of amides is 1. The van der Waals surface area contributed by atoms with Crippen LogP contribution in [0.5, 0.6) is 5.75 Å². The molecule has 0 fully saturated rings. The van der Waals surface area contributed by atoms with Crippen molar-refractivity contribution in [1.82, 2.24) is 24.9 Å². The minimum absolute atomic E-state index is 0.0873. The molecule has 1 N–H and O–H groups in total. The molecule has 0 spiro atoms. The average molecular weight is 466 g/mol. The van der Waals surface area contributed by atoms with Gasteiger partial charge >= 0.3 is 0 Å². The monoisotopic (exact) mass is 465 g/mol. The van der Waals surface area contributed by atoms with Crippen LogP contribution in [0.3, 0.4) is 0 Å². The summed E-state index contributed by atoms with van der Waals surface area (Å²) in [6, 6.07) is 14.7. The van der Waals surface area contributed by atoms with Gasteiger partial charge in [0.2, 0.25) is 5.91 Å². The lowest BCUT2D eigenvalue weighted by Crippen LogP contribution is -2.26. The molecule has 2 heterocycles. The van der Waals surface area contributed by atoms with E-state index in [-0.39, 0.29) is 17.9 Å². The second-order valence-corrected chi connectivity index (χ2v) is 8.09. The van der Waals surface area contributed by atoms with Crippen molar-refractivity contribution in [2.24, 2.45) is 0 Å². The van der Waals surface area contributed by atoms with Gasteiger partial charge in [-0.1, -0.05) is 23.7 Å². The van der Waals surface area contributed by atoms with Gasteiger partial charge in [-0.25, -0.2) is 9.36 Å². The molecule has 9 heteroatoms. The summed E-state index contributed by atoms with van der Waals surface area (Å²) in [5.41, 5.74) is 2.53. The number of ether oxygens (including phenoxy) is 1. The molecule has 1 amide bonds. The highest BCUT2D eigenvalue weighted by molar-refractivity contribution is 6.30. The normalized spacial score (nSPS) is 11.0. The molecule has 0 saturated carbocycles. The zero-order valence-electron chi connectivity index (χ0n) is 18.4. The molecule has 4 aromatic rings. The Morgan fingerprint density at radius 2 is 1.94 bits per heavy atom. The van der Waals surface area contributed by atoms with E-state index in [0.29, 0.717) is 41.1 Å². The van der Waals surface area contributed by atoms with Crippen LogP contribution < -0.4 is 15.6 Å².